The molecule has 194 valence electrons. The van der Waals surface area contributed by atoms with Gasteiger partial charge in [-0.05, 0) is 45.8 Å². The van der Waals surface area contributed by atoms with Crippen molar-refractivity contribution in [3.05, 3.63) is 76.3 Å². The highest BCUT2D eigenvalue weighted by atomic mass is 79.9. The predicted octanol–water partition coefficient (Wildman–Crippen LogP) is 3.54. The fourth-order valence-corrected chi connectivity index (χ4v) is 5.37. The summed E-state index contributed by atoms with van der Waals surface area (Å²) in [5, 5.41) is 3.98. The third-order valence-electron chi connectivity index (χ3n) is 5.40. The van der Waals surface area contributed by atoms with Crippen LogP contribution in [0, 0.1) is 0 Å². The molecule has 0 radical (unpaired) electrons. The van der Waals surface area contributed by atoms with E-state index in [4.69, 9.17) is 18.9 Å². The average molecular weight is 590 g/mol. The standard InChI is InChI=1S/C25H24BrN3O7S/c1-33-21-9-8-19(11-22(21)34-2)37(31,32)29(14-17-6-4-3-5-7-17)15-25(30)28-27-13-18-10-23-24(12-20(18)26)36-16-35-23/h3-13H,14-16H2,1-2H3,(H,28,30)/b27-13-. The first-order valence-electron chi connectivity index (χ1n) is 11.0. The Labute approximate surface area is 223 Å². The molecule has 0 atom stereocenters. The number of halogens is 1. The highest BCUT2D eigenvalue weighted by Crippen LogP contribution is 2.36. The van der Waals surface area contributed by atoms with Crippen molar-refractivity contribution in [1.29, 1.82) is 0 Å². The summed E-state index contributed by atoms with van der Waals surface area (Å²) < 4.78 is 50.0. The molecule has 0 unspecified atom stereocenters. The van der Waals surface area contributed by atoms with Gasteiger partial charge in [0.05, 0.1) is 31.9 Å². The Morgan fingerprint density at radius 2 is 1.76 bits per heavy atom. The minimum atomic E-state index is -4.10. The van der Waals surface area contributed by atoms with E-state index in [9.17, 15) is 13.2 Å². The van der Waals surface area contributed by atoms with Crippen molar-refractivity contribution in [1.82, 2.24) is 9.73 Å². The number of hydrazone groups is 1. The highest BCUT2D eigenvalue weighted by molar-refractivity contribution is 9.10. The topological polar surface area (TPSA) is 116 Å². The summed E-state index contributed by atoms with van der Waals surface area (Å²) >= 11 is 3.42. The van der Waals surface area contributed by atoms with Crippen LogP contribution >= 0.6 is 15.9 Å². The van der Waals surface area contributed by atoms with Gasteiger partial charge in [-0.15, -0.1) is 0 Å². The molecule has 1 heterocycles. The van der Waals surface area contributed by atoms with Gasteiger partial charge >= 0.3 is 0 Å². The molecule has 0 bridgehead atoms. The Morgan fingerprint density at radius 1 is 1.05 bits per heavy atom. The minimum Gasteiger partial charge on any atom is -0.493 e. The van der Waals surface area contributed by atoms with Crippen molar-refractivity contribution < 1.29 is 32.2 Å². The third-order valence-corrected chi connectivity index (χ3v) is 7.87. The molecule has 0 spiro atoms. The molecule has 1 amide bonds. The molecule has 0 fully saturated rings. The van der Waals surface area contributed by atoms with Crippen LogP contribution in [-0.2, 0) is 21.4 Å². The number of fused-ring (bicyclic) bond motifs is 1. The molecule has 4 rings (SSSR count). The number of hydrogen-bond acceptors (Lipinski definition) is 8. The second kappa shape index (κ2) is 11.6. The fraction of sp³-hybridized carbons (Fsp3) is 0.200. The SMILES string of the molecule is COc1ccc(S(=O)(=O)N(CC(=O)N/N=C\c2cc3c(cc2Br)OCO3)Cc2ccccc2)cc1OC. The molecule has 3 aromatic carbocycles. The number of benzene rings is 3. The van der Waals surface area contributed by atoms with Crippen molar-refractivity contribution in [2.45, 2.75) is 11.4 Å². The van der Waals surface area contributed by atoms with E-state index in [1.54, 1.807) is 36.4 Å². The van der Waals surface area contributed by atoms with Crippen molar-refractivity contribution in [3.8, 4) is 23.0 Å². The number of carbonyl (C=O) groups is 1. The van der Waals surface area contributed by atoms with Crippen molar-refractivity contribution in [3.63, 3.8) is 0 Å². The maximum absolute atomic E-state index is 13.6. The van der Waals surface area contributed by atoms with E-state index in [1.807, 2.05) is 6.07 Å². The Bertz CT molecular complexity index is 1420. The first-order chi connectivity index (χ1) is 17.8. The number of methoxy groups -OCH3 is 2. The van der Waals surface area contributed by atoms with Gasteiger partial charge in [-0.25, -0.2) is 13.8 Å². The van der Waals surface area contributed by atoms with E-state index in [0.29, 0.717) is 32.8 Å². The summed E-state index contributed by atoms with van der Waals surface area (Å²) in [5.41, 5.74) is 3.75. The normalized spacial score (nSPS) is 12.6. The zero-order valence-electron chi connectivity index (χ0n) is 20.0. The highest BCUT2D eigenvalue weighted by Gasteiger charge is 2.28. The van der Waals surface area contributed by atoms with Gasteiger partial charge in [0, 0.05) is 22.6 Å². The second-order valence-electron chi connectivity index (χ2n) is 7.80. The van der Waals surface area contributed by atoms with E-state index in [1.165, 1.54) is 38.6 Å². The monoisotopic (exact) mass is 589 g/mol. The van der Waals surface area contributed by atoms with E-state index >= 15 is 0 Å². The molecule has 0 aliphatic carbocycles. The average Bonchev–Trinajstić information content (AvgIpc) is 3.35. The lowest BCUT2D eigenvalue weighted by atomic mass is 10.2. The smallest absolute Gasteiger partial charge is 0.255 e. The van der Waals surface area contributed by atoms with Gasteiger partial charge in [-0.1, -0.05) is 30.3 Å². The van der Waals surface area contributed by atoms with Crippen LogP contribution in [0.4, 0.5) is 0 Å². The summed E-state index contributed by atoms with van der Waals surface area (Å²) in [7, 11) is -1.22. The molecule has 0 aromatic heterocycles. The molecule has 1 aliphatic rings. The molecule has 1 aliphatic heterocycles. The van der Waals surface area contributed by atoms with Gasteiger partial charge in [0.25, 0.3) is 5.91 Å². The summed E-state index contributed by atoms with van der Waals surface area (Å²) in [6.07, 6.45) is 1.42. The van der Waals surface area contributed by atoms with Crippen LogP contribution in [-0.4, -0.2) is 52.4 Å². The first kappa shape index (κ1) is 26.5. The predicted molar refractivity (Wildman–Crippen MR) is 140 cm³/mol. The molecule has 10 nitrogen and oxygen atoms in total. The van der Waals surface area contributed by atoms with Gasteiger partial charge in [-0.3, -0.25) is 4.79 Å². The van der Waals surface area contributed by atoms with Crippen LogP contribution in [0.15, 0.2) is 75.1 Å². The molecule has 0 saturated heterocycles. The first-order valence-corrected chi connectivity index (χ1v) is 13.2. The molecular weight excluding hydrogens is 566 g/mol. The largest absolute Gasteiger partial charge is 0.493 e. The van der Waals surface area contributed by atoms with E-state index in [-0.39, 0.29) is 24.0 Å². The maximum atomic E-state index is 13.6. The third kappa shape index (κ3) is 6.21. The number of hydrogen-bond donors (Lipinski definition) is 1. The Kier molecular flexibility index (Phi) is 8.31. The van der Waals surface area contributed by atoms with Crippen molar-refractivity contribution in [2.75, 3.05) is 27.6 Å². The Balaban J connectivity index is 1.54. The van der Waals surface area contributed by atoms with Crippen molar-refractivity contribution in [2.24, 2.45) is 5.10 Å². The molecular formula is C25H24BrN3O7S. The summed E-state index contributed by atoms with van der Waals surface area (Å²) in [6.45, 7) is -0.363. The maximum Gasteiger partial charge on any atom is 0.255 e. The van der Waals surface area contributed by atoms with E-state index < -0.39 is 22.5 Å². The Morgan fingerprint density at radius 3 is 2.46 bits per heavy atom. The van der Waals surface area contributed by atoms with E-state index in [0.717, 1.165) is 4.31 Å². The fourth-order valence-electron chi connectivity index (χ4n) is 3.54. The second-order valence-corrected chi connectivity index (χ2v) is 10.6. The number of amides is 1. The molecule has 12 heteroatoms. The lowest BCUT2D eigenvalue weighted by molar-refractivity contribution is -0.121. The number of ether oxygens (including phenoxy) is 4. The molecule has 3 aromatic rings. The van der Waals surface area contributed by atoms with E-state index in [2.05, 4.69) is 26.5 Å². The molecule has 37 heavy (non-hydrogen) atoms. The van der Waals surface area contributed by atoms with Gasteiger partial charge in [-0.2, -0.15) is 9.41 Å². The zero-order valence-corrected chi connectivity index (χ0v) is 22.4. The lowest BCUT2D eigenvalue weighted by Crippen LogP contribution is -2.39. The van der Waals surface area contributed by atoms with Crippen LogP contribution in [0.25, 0.3) is 0 Å². The minimum absolute atomic E-state index is 0.0254. The Hall–Kier alpha value is -3.61. The van der Waals surface area contributed by atoms with Gasteiger partial charge in [0.1, 0.15) is 0 Å². The van der Waals surface area contributed by atoms with Crippen LogP contribution < -0.4 is 24.4 Å². The van der Waals surface area contributed by atoms with Crippen LogP contribution in [0.1, 0.15) is 11.1 Å². The number of nitrogens with zero attached hydrogens (tertiary/aromatic N) is 2. The van der Waals surface area contributed by atoms with Gasteiger partial charge in [0.15, 0.2) is 23.0 Å². The van der Waals surface area contributed by atoms with Crippen LogP contribution in [0.5, 0.6) is 23.0 Å². The van der Waals surface area contributed by atoms with Crippen LogP contribution in [0.2, 0.25) is 0 Å². The quantitative estimate of drug-likeness (QED) is 0.284. The number of carbonyl (C=O) groups excluding carboxylic acids is 1. The number of sulfonamides is 1. The molecule has 1 N–H and O–H groups in total. The number of nitrogens with one attached hydrogen (secondary N) is 1. The number of rotatable bonds is 10. The summed E-state index contributed by atoms with van der Waals surface area (Å²) in [4.78, 5) is 12.7. The van der Waals surface area contributed by atoms with Gasteiger partial charge in [0.2, 0.25) is 16.8 Å². The lowest BCUT2D eigenvalue weighted by Gasteiger charge is -2.22. The summed E-state index contributed by atoms with van der Waals surface area (Å²) in [5.74, 6) is 1.19. The summed E-state index contributed by atoms with van der Waals surface area (Å²) in [6, 6.07) is 16.7. The van der Waals surface area contributed by atoms with Gasteiger partial charge < -0.3 is 18.9 Å². The molecule has 0 saturated carbocycles. The van der Waals surface area contributed by atoms with Crippen LogP contribution in [0.3, 0.4) is 0 Å². The zero-order chi connectivity index (χ0) is 26.4. The van der Waals surface area contributed by atoms with Crippen molar-refractivity contribution >= 4 is 38.1 Å².